The fraction of sp³-hybridized carbons (Fsp3) is 0.200. The highest BCUT2D eigenvalue weighted by atomic mass is 79.9. The van der Waals surface area contributed by atoms with E-state index in [0.29, 0.717) is 16.0 Å². The van der Waals surface area contributed by atoms with E-state index in [9.17, 15) is 8.42 Å². The Morgan fingerprint density at radius 2 is 2.06 bits per heavy atom. The summed E-state index contributed by atoms with van der Waals surface area (Å²) in [6.45, 7) is 1.84. The molecule has 18 heavy (non-hydrogen) atoms. The first-order valence-corrected chi connectivity index (χ1v) is 7.65. The van der Waals surface area contributed by atoms with Crippen molar-refractivity contribution in [3.8, 4) is 5.82 Å². The smallest absolute Gasteiger partial charge is 0.178 e. The Labute approximate surface area is 113 Å². The van der Waals surface area contributed by atoms with Crippen LogP contribution in [0.2, 0.25) is 0 Å². The first kappa shape index (κ1) is 13.0. The molecule has 0 saturated heterocycles. The number of nitrogens with zero attached hydrogens (tertiary/aromatic N) is 3. The number of hydrogen-bond donors (Lipinski definition) is 1. The number of sulfone groups is 1. The van der Waals surface area contributed by atoms with Gasteiger partial charge in [-0.25, -0.2) is 18.1 Å². The molecule has 0 saturated carbocycles. The van der Waals surface area contributed by atoms with E-state index in [1.54, 1.807) is 0 Å². The number of halogens is 1. The summed E-state index contributed by atoms with van der Waals surface area (Å²) in [6.07, 6.45) is 5.34. The van der Waals surface area contributed by atoms with E-state index in [4.69, 9.17) is 5.73 Å². The zero-order valence-electron chi connectivity index (χ0n) is 9.75. The molecule has 0 amide bonds. The van der Waals surface area contributed by atoms with Crippen LogP contribution in [0.1, 0.15) is 5.56 Å². The quantitative estimate of drug-likeness (QED) is 0.896. The third-order valence-corrected chi connectivity index (χ3v) is 4.51. The Kier molecular flexibility index (Phi) is 3.16. The maximum Gasteiger partial charge on any atom is 0.178 e. The van der Waals surface area contributed by atoms with Crippen LogP contribution in [-0.2, 0) is 9.84 Å². The van der Waals surface area contributed by atoms with E-state index in [1.165, 1.54) is 23.3 Å². The summed E-state index contributed by atoms with van der Waals surface area (Å²) < 4.78 is 24.8. The lowest BCUT2D eigenvalue weighted by Crippen LogP contribution is -2.03. The number of nitrogen functional groups attached to an aromatic ring is 1. The van der Waals surface area contributed by atoms with Crippen molar-refractivity contribution in [1.29, 1.82) is 0 Å². The van der Waals surface area contributed by atoms with Crippen LogP contribution in [0.3, 0.4) is 0 Å². The molecule has 0 unspecified atom stereocenters. The van der Waals surface area contributed by atoms with Gasteiger partial charge in [-0.05, 0) is 28.4 Å². The van der Waals surface area contributed by atoms with Crippen molar-refractivity contribution >= 4 is 31.5 Å². The van der Waals surface area contributed by atoms with Crippen LogP contribution in [-0.4, -0.2) is 29.4 Å². The summed E-state index contributed by atoms with van der Waals surface area (Å²) in [5.41, 5.74) is 7.11. The zero-order valence-corrected chi connectivity index (χ0v) is 12.2. The lowest BCUT2D eigenvalue weighted by atomic mass is 10.2. The molecule has 2 N–H and O–H groups in total. The van der Waals surface area contributed by atoms with Gasteiger partial charge in [-0.2, -0.15) is 5.10 Å². The predicted octanol–water partition coefficient (Wildman–Crippen LogP) is 1.32. The van der Waals surface area contributed by atoms with E-state index in [-0.39, 0.29) is 4.90 Å². The molecule has 2 aromatic rings. The molecule has 96 valence electrons. The first-order valence-electron chi connectivity index (χ1n) is 4.96. The molecule has 2 aromatic heterocycles. The van der Waals surface area contributed by atoms with Gasteiger partial charge < -0.3 is 5.73 Å². The predicted molar refractivity (Wildman–Crippen MR) is 71.3 cm³/mol. The van der Waals surface area contributed by atoms with Crippen molar-refractivity contribution in [3.05, 3.63) is 28.6 Å². The second-order valence-corrected chi connectivity index (χ2v) is 6.68. The second kappa shape index (κ2) is 4.36. The molecule has 0 atom stereocenters. The highest BCUT2D eigenvalue weighted by Gasteiger charge is 2.14. The number of hydrogen-bond acceptors (Lipinski definition) is 5. The third kappa shape index (κ3) is 2.25. The Balaban J connectivity index is 2.57. The first-order chi connectivity index (χ1) is 8.30. The summed E-state index contributed by atoms with van der Waals surface area (Å²) in [5.74, 6) is 0.497. The average Bonchev–Trinajstić information content (AvgIpc) is 2.75. The van der Waals surface area contributed by atoms with Crippen LogP contribution < -0.4 is 5.73 Å². The molecule has 2 heterocycles. The second-order valence-electron chi connectivity index (χ2n) is 3.87. The van der Waals surface area contributed by atoms with Crippen LogP contribution in [0.4, 0.5) is 5.69 Å². The maximum absolute atomic E-state index is 11.4. The molecule has 8 heteroatoms. The van der Waals surface area contributed by atoms with Gasteiger partial charge in [0.15, 0.2) is 15.7 Å². The molecule has 0 fully saturated rings. The minimum atomic E-state index is -3.27. The molecule has 0 aliphatic heterocycles. The molecule has 0 bridgehead atoms. The summed E-state index contributed by atoms with van der Waals surface area (Å²) in [5, 5.41) is 3.99. The summed E-state index contributed by atoms with van der Waals surface area (Å²) in [4.78, 5) is 4.28. The lowest BCUT2D eigenvalue weighted by Gasteiger charge is -2.07. The molecular formula is C10H11BrN4O2S. The van der Waals surface area contributed by atoms with Crippen molar-refractivity contribution in [2.75, 3.05) is 12.0 Å². The van der Waals surface area contributed by atoms with Gasteiger partial charge >= 0.3 is 0 Å². The molecule has 6 nitrogen and oxygen atoms in total. The average molecular weight is 331 g/mol. The maximum atomic E-state index is 11.4. The zero-order chi connectivity index (χ0) is 13.5. The Morgan fingerprint density at radius 1 is 1.39 bits per heavy atom. The van der Waals surface area contributed by atoms with Crippen molar-refractivity contribution in [2.45, 2.75) is 11.8 Å². The van der Waals surface area contributed by atoms with Gasteiger partial charge in [0, 0.05) is 6.26 Å². The largest absolute Gasteiger partial charge is 0.397 e. The van der Waals surface area contributed by atoms with Gasteiger partial charge in [-0.15, -0.1) is 0 Å². The Hall–Kier alpha value is -1.41. The van der Waals surface area contributed by atoms with Gasteiger partial charge in [0.1, 0.15) is 4.90 Å². The SMILES string of the molecule is Cc1c(N)cnc(-n2cc(S(C)(=O)=O)cn2)c1Br. The number of anilines is 1. The highest BCUT2D eigenvalue weighted by Crippen LogP contribution is 2.26. The van der Waals surface area contributed by atoms with Crippen molar-refractivity contribution in [3.63, 3.8) is 0 Å². The van der Waals surface area contributed by atoms with Crippen LogP contribution in [0.15, 0.2) is 28.0 Å². The van der Waals surface area contributed by atoms with Crippen molar-refractivity contribution in [1.82, 2.24) is 14.8 Å². The van der Waals surface area contributed by atoms with Gasteiger partial charge in [-0.3, -0.25) is 0 Å². The van der Waals surface area contributed by atoms with E-state index in [0.717, 1.165) is 11.8 Å². The normalized spacial score (nSPS) is 11.7. The number of rotatable bonds is 2. The van der Waals surface area contributed by atoms with E-state index >= 15 is 0 Å². The molecule has 0 radical (unpaired) electrons. The fourth-order valence-electron chi connectivity index (χ4n) is 1.35. The molecule has 0 aliphatic carbocycles. The fourth-order valence-corrected chi connectivity index (χ4v) is 2.39. The van der Waals surface area contributed by atoms with E-state index in [2.05, 4.69) is 26.0 Å². The third-order valence-electron chi connectivity index (χ3n) is 2.49. The van der Waals surface area contributed by atoms with Gasteiger partial charge in [-0.1, -0.05) is 0 Å². The van der Waals surface area contributed by atoms with E-state index < -0.39 is 9.84 Å². The molecule has 0 aromatic carbocycles. The van der Waals surface area contributed by atoms with Gasteiger partial charge in [0.05, 0.1) is 28.8 Å². The summed E-state index contributed by atoms with van der Waals surface area (Å²) in [6, 6.07) is 0. The van der Waals surface area contributed by atoms with Crippen LogP contribution in [0, 0.1) is 6.92 Å². The van der Waals surface area contributed by atoms with E-state index in [1.807, 2.05) is 6.92 Å². The van der Waals surface area contributed by atoms with Crippen molar-refractivity contribution in [2.24, 2.45) is 0 Å². The minimum absolute atomic E-state index is 0.144. The van der Waals surface area contributed by atoms with Gasteiger partial charge in [0.25, 0.3) is 0 Å². The Morgan fingerprint density at radius 3 is 2.61 bits per heavy atom. The van der Waals surface area contributed by atoms with Crippen LogP contribution in [0.25, 0.3) is 5.82 Å². The van der Waals surface area contributed by atoms with Crippen molar-refractivity contribution < 1.29 is 8.42 Å². The monoisotopic (exact) mass is 330 g/mol. The van der Waals surface area contributed by atoms with Gasteiger partial charge in [0.2, 0.25) is 0 Å². The number of aromatic nitrogens is 3. The highest BCUT2D eigenvalue weighted by molar-refractivity contribution is 9.10. The van der Waals surface area contributed by atoms with Crippen LogP contribution in [0.5, 0.6) is 0 Å². The molecule has 2 rings (SSSR count). The topological polar surface area (TPSA) is 90.9 Å². The Bertz CT molecular complexity index is 709. The summed E-state index contributed by atoms with van der Waals surface area (Å²) >= 11 is 3.37. The summed E-state index contributed by atoms with van der Waals surface area (Å²) in [7, 11) is -3.27. The molecule has 0 spiro atoms. The number of pyridine rings is 1. The molecule has 0 aliphatic rings. The van der Waals surface area contributed by atoms with Crippen LogP contribution >= 0.6 is 15.9 Å². The standard InChI is InChI=1S/C10H11BrN4O2S/c1-6-8(12)4-13-10(9(6)11)15-5-7(3-14-15)18(2,16)17/h3-5H,12H2,1-2H3. The molecular weight excluding hydrogens is 320 g/mol. The minimum Gasteiger partial charge on any atom is -0.397 e. The number of nitrogens with two attached hydrogens (primary N) is 1. The lowest BCUT2D eigenvalue weighted by molar-refractivity contribution is 0.602.